The van der Waals surface area contributed by atoms with E-state index in [1.54, 1.807) is 0 Å². The molecule has 30 heavy (non-hydrogen) atoms. The van der Waals surface area contributed by atoms with Gasteiger partial charge in [0.05, 0.1) is 5.69 Å². The third kappa shape index (κ3) is 3.22. The fraction of sp³-hybridized carbons (Fsp3) is 0.148. The molecule has 0 bridgehead atoms. The second kappa shape index (κ2) is 7.68. The lowest BCUT2D eigenvalue weighted by Crippen LogP contribution is -2.11. The van der Waals surface area contributed by atoms with Gasteiger partial charge < -0.3 is 9.67 Å². The quantitative estimate of drug-likeness (QED) is 0.457. The zero-order valence-electron chi connectivity index (χ0n) is 16.7. The van der Waals surface area contributed by atoms with E-state index in [1.807, 2.05) is 18.2 Å². The highest BCUT2D eigenvalue weighted by molar-refractivity contribution is 5.80. The Balaban J connectivity index is 1.75. The SMILES string of the molecule is O=C(O)CCc1ccccc1-n1c(-c2ccccc2)cc2c1CCc1ccccc1-2. The molecule has 0 saturated carbocycles. The summed E-state index contributed by atoms with van der Waals surface area (Å²) in [6.45, 7) is 0. The van der Waals surface area contributed by atoms with Gasteiger partial charge in [-0.05, 0) is 53.6 Å². The lowest BCUT2D eigenvalue weighted by molar-refractivity contribution is -0.136. The molecule has 1 N–H and O–H groups in total. The topological polar surface area (TPSA) is 42.2 Å². The first-order valence-corrected chi connectivity index (χ1v) is 10.4. The van der Waals surface area contributed by atoms with Crippen molar-refractivity contribution < 1.29 is 9.90 Å². The number of para-hydroxylation sites is 1. The molecule has 0 amide bonds. The molecule has 0 atom stereocenters. The number of aromatic nitrogens is 1. The highest BCUT2D eigenvalue weighted by atomic mass is 16.4. The largest absolute Gasteiger partial charge is 0.481 e. The van der Waals surface area contributed by atoms with Crippen LogP contribution < -0.4 is 0 Å². The molecule has 3 aromatic carbocycles. The molecular weight excluding hydrogens is 370 g/mol. The van der Waals surface area contributed by atoms with Gasteiger partial charge in [0.1, 0.15) is 0 Å². The molecule has 5 rings (SSSR count). The Hall–Kier alpha value is -3.59. The summed E-state index contributed by atoms with van der Waals surface area (Å²) in [6, 6.07) is 29.6. The third-order valence-electron chi connectivity index (χ3n) is 5.95. The monoisotopic (exact) mass is 393 g/mol. The van der Waals surface area contributed by atoms with E-state index in [1.165, 1.54) is 22.4 Å². The predicted molar refractivity (Wildman–Crippen MR) is 120 cm³/mol. The van der Waals surface area contributed by atoms with E-state index in [9.17, 15) is 9.90 Å². The van der Waals surface area contributed by atoms with Gasteiger partial charge in [-0.2, -0.15) is 0 Å². The number of hydrogen-bond acceptors (Lipinski definition) is 1. The van der Waals surface area contributed by atoms with E-state index in [0.29, 0.717) is 6.42 Å². The number of hydrogen-bond donors (Lipinski definition) is 1. The summed E-state index contributed by atoms with van der Waals surface area (Å²) in [4.78, 5) is 11.2. The highest BCUT2D eigenvalue weighted by Gasteiger charge is 2.24. The van der Waals surface area contributed by atoms with Gasteiger partial charge in [0.2, 0.25) is 0 Å². The average Bonchev–Trinajstić information content (AvgIpc) is 3.18. The molecule has 0 saturated heterocycles. The zero-order valence-corrected chi connectivity index (χ0v) is 16.7. The summed E-state index contributed by atoms with van der Waals surface area (Å²) < 4.78 is 2.36. The average molecular weight is 393 g/mol. The minimum Gasteiger partial charge on any atom is -0.481 e. The molecule has 0 fully saturated rings. The van der Waals surface area contributed by atoms with E-state index in [0.717, 1.165) is 35.3 Å². The number of carbonyl (C=O) groups is 1. The molecule has 3 heteroatoms. The van der Waals surface area contributed by atoms with Crippen molar-refractivity contribution in [2.75, 3.05) is 0 Å². The minimum absolute atomic E-state index is 0.129. The van der Waals surface area contributed by atoms with Crippen molar-refractivity contribution in [3.8, 4) is 28.1 Å². The lowest BCUT2D eigenvalue weighted by Gasteiger charge is -2.21. The van der Waals surface area contributed by atoms with Gasteiger partial charge in [-0.1, -0.05) is 72.8 Å². The number of carboxylic acids is 1. The van der Waals surface area contributed by atoms with Crippen molar-refractivity contribution in [1.82, 2.24) is 4.57 Å². The van der Waals surface area contributed by atoms with Crippen LogP contribution in [0.4, 0.5) is 0 Å². The molecule has 4 aromatic rings. The van der Waals surface area contributed by atoms with Crippen LogP contribution in [-0.2, 0) is 24.1 Å². The van der Waals surface area contributed by atoms with Crippen LogP contribution in [0.2, 0.25) is 0 Å². The normalized spacial score (nSPS) is 12.3. The van der Waals surface area contributed by atoms with Gasteiger partial charge in [0.15, 0.2) is 0 Å². The van der Waals surface area contributed by atoms with Gasteiger partial charge in [-0.15, -0.1) is 0 Å². The summed E-state index contributed by atoms with van der Waals surface area (Å²) in [5, 5.41) is 9.22. The maximum absolute atomic E-state index is 11.2. The van der Waals surface area contributed by atoms with Crippen LogP contribution in [-0.4, -0.2) is 15.6 Å². The highest BCUT2D eigenvalue weighted by Crippen LogP contribution is 2.41. The van der Waals surface area contributed by atoms with Gasteiger partial charge in [0.25, 0.3) is 0 Å². The Kier molecular flexibility index (Phi) is 4.72. The molecular formula is C27H23NO2. The standard InChI is InChI=1S/C27H23NO2/c29-27(30)17-15-21-11-5-7-13-24(21)28-25-16-14-19-8-4-6-12-22(19)23(25)18-26(28)20-9-2-1-3-10-20/h1-13,18H,14-17H2,(H,29,30). The van der Waals surface area contributed by atoms with E-state index in [4.69, 9.17) is 0 Å². The summed E-state index contributed by atoms with van der Waals surface area (Å²) in [6.07, 6.45) is 2.62. The number of aliphatic carboxylic acids is 1. The van der Waals surface area contributed by atoms with Gasteiger partial charge in [-0.3, -0.25) is 4.79 Å². The third-order valence-corrected chi connectivity index (χ3v) is 5.95. The summed E-state index contributed by atoms with van der Waals surface area (Å²) in [7, 11) is 0. The van der Waals surface area contributed by atoms with Crippen molar-refractivity contribution >= 4 is 5.97 Å². The number of aryl methyl sites for hydroxylation is 2. The molecule has 3 nitrogen and oxygen atoms in total. The summed E-state index contributed by atoms with van der Waals surface area (Å²) in [5.74, 6) is -0.767. The molecule has 0 spiro atoms. The summed E-state index contributed by atoms with van der Waals surface area (Å²) in [5.41, 5.74) is 9.74. The molecule has 148 valence electrons. The number of fused-ring (bicyclic) bond motifs is 3. The Morgan fingerprint density at radius 1 is 0.833 bits per heavy atom. The Morgan fingerprint density at radius 3 is 2.40 bits per heavy atom. The Labute approximate surface area is 176 Å². The molecule has 0 radical (unpaired) electrons. The first kappa shape index (κ1) is 18.4. The van der Waals surface area contributed by atoms with Crippen LogP contribution in [0.25, 0.3) is 28.1 Å². The molecule has 1 aliphatic rings. The second-order valence-electron chi connectivity index (χ2n) is 7.77. The van der Waals surface area contributed by atoms with Gasteiger partial charge in [0, 0.05) is 23.4 Å². The van der Waals surface area contributed by atoms with Crippen molar-refractivity contribution in [1.29, 1.82) is 0 Å². The smallest absolute Gasteiger partial charge is 0.303 e. The maximum Gasteiger partial charge on any atom is 0.303 e. The van der Waals surface area contributed by atoms with Crippen LogP contribution >= 0.6 is 0 Å². The fourth-order valence-electron chi connectivity index (χ4n) is 4.56. The zero-order chi connectivity index (χ0) is 20.5. The van der Waals surface area contributed by atoms with Crippen LogP contribution in [0.3, 0.4) is 0 Å². The number of rotatable bonds is 5. The van der Waals surface area contributed by atoms with Crippen molar-refractivity contribution in [3.05, 3.63) is 102 Å². The molecule has 1 aromatic heterocycles. The van der Waals surface area contributed by atoms with Crippen molar-refractivity contribution in [3.63, 3.8) is 0 Å². The van der Waals surface area contributed by atoms with Crippen molar-refractivity contribution in [2.24, 2.45) is 0 Å². The van der Waals surface area contributed by atoms with Crippen LogP contribution in [0.15, 0.2) is 84.9 Å². The molecule has 1 heterocycles. The minimum atomic E-state index is -0.767. The van der Waals surface area contributed by atoms with E-state index >= 15 is 0 Å². The Bertz CT molecular complexity index is 1220. The molecule has 1 aliphatic carbocycles. The van der Waals surface area contributed by atoms with Gasteiger partial charge >= 0.3 is 5.97 Å². The second-order valence-corrected chi connectivity index (χ2v) is 7.77. The van der Waals surface area contributed by atoms with E-state index in [2.05, 4.69) is 71.3 Å². The van der Waals surface area contributed by atoms with Crippen molar-refractivity contribution in [2.45, 2.75) is 25.7 Å². The lowest BCUT2D eigenvalue weighted by atomic mass is 9.89. The van der Waals surface area contributed by atoms with E-state index < -0.39 is 5.97 Å². The maximum atomic E-state index is 11.2. The van der Waals surface area contributed by atoms with Crippen LogP contribution in [0.5, 0.6) is 0 Å². The first-order chi connectivity index (χ1) is 14.7. The first-order valence-electron chi connectivity index (χ1n) is 10.4. The summed E-state index contributed by atoms with van der Waals surface area (Å²) >= 11 is 0. The number of benzene rings is 3. The fourth-order valence-corrected chi connectivity index (χ4v) is 4.56. The number of carboxylic acid groups (broad SMARTS) is 1. The molecule has 0 aliphatic heterocycles. The van der Waals surface area contributed by atoms with Crippen LogP contribution in [0.1, 0.15) is 23.2 Å². The van der Waals surface area contributed by atoms with E-state index in [-0.39, 0.29) is 6.42 Å². The van der Waals surface area contributed by atoms with Crippen LogP contribution in [0, 0.1) is 0 Å². The predicted octanol–water partition coefficient (Wildman–Crippen LogP) is 5.93. The van der Waals surface area contributed by atoms with Gasteiger partial charge in [-0.25, -0.2) is 0 Å². The molecule has 0 unspecified atom stereocenters. The number of nitrogens with zero attached hydrogens (tertiary/aromatic N) is 1. The Morgan fingerprint density at radius 2 is 1.57 bits per heavy atom.